The highest BCUT2D eigenvalue weighted by molar-refractivity contribution is 5.67. The molecule has 3 rings (SSSR count). The highest BCUT2D eigenvalue weighted by Gasteiger charge is 2.29. The van der Waals surface area contributed by atoms with Crippen molar-refractivity contribution in [2.45, 2.75) is 37.8 Å². The lowest BCUT2D eigenvalue weighted by Crippen LogP contribution is -2.28. The van der Waals surface area contributed by atoms with Crippen molar-refractivity contribution < 1.29 is 0 Å². The molecular formula is C12H15N3. The molecule has 1 aromatic rings. The van der Waals surface area contributed by atoms with E-state index in [4.69, 9.17) is 0 Å². The maximum absolute atomic E-state index is 4.20. The van der Waals surface area contributed by atoms with Gasteiger partial charge in [0.2, 0.25) is 0 Å². The van der Waals surface area contributed by atoms with Gasteiger partial charge in [0.1, 0.15) is 0 Å². The lowest BCUT2D eigenvalue weighted by Gasteiger charge is -2.13. The first-order valence-electron chi connectivity index (χ1n) is 5.67. The van der Waals surface area contributed by atoms with E-state index >= 15 is 0 Å². The normalized spacial score (nSPS) is 29.7. The molecule has 3 heterocycles. The van der Waals surface area contributed by atoms with Crippen molar-refractivity contribution >= 4 is 5.57 Å². The number of fused-ring (bicyclic) bond motifs is 2. The zero-order chi connectivity index (χ0) is 10.1. The van der Waals surface area contributed by atoms with Crippen LogP contribution < -0.4 is 5.32 Å². The molecule has 2 bridgehead atoms. The quantitative estimate of drug-likeness (QED) is 0.752. The van der Waals surface area contributed by atoms with Crippen molar-refractivity contribution in [3.05, 3.63) is 30.1 Å². The topological polar surface area (TPSA) is 37.8 Å². The molecule has 1 fully saturated rings. The van der Waals surface area contributed by atoms with E-state index in [1.54, 1.807) is 6.20 Å². The van der Waals surface area contributed by atoms with Gasteiger partial charge in [0.25, 0.3) is 0 Å². The van der Waals surface area contributed by atoms with Crippen molar-refractivity contribution in [1.29, 1.82) is 0 Å². The first-order valence-corrected chi connectivity index (χ1v) is 5.67. The van der Waals surface area contributed by atoms with Crippen LogP contribution in [0.1, 0.15) is 31.4 Å². The first kappa shape index (κ1) is 9.04. The third kappa shape index (κ3) is 1.67. The Hall–Kier alpha value is -1.22. The first-order chi connectivity index (χ1) is 7.43. The van der Waals surface area contributed by atoms with Crippen molar-refractivity contribution in [1.82, 2.24) is 15.5 Å². The van der Waals surface area contributed by atoms with Crippen LogP contribution in [-0.4, -0.2) is 22.3 Å². The molecule has 0 radical (unpaired) electrons. The Morgan fingerprint density at radius 1 is 1.27 bits per heavy atom. The van der Waals surface area contributed by atoms with Crippen LogP contribution in [0.15, 0.2) is 24.4 Å². The second kappa shape index (κ2) is 3.74. The minimum Gasteiger partial charge on any atom is -0.307 e. The maximum Gasteiger partial charge on any atom is 0.0901 e. The molecule has 15 heavy (non-hydrogen) atoms. The average molecular weight is 201 g/mol. The van der Waals surface area contributed by atoms with Gasteiger partial charge in [-0.1, -0.05) is 6.08 Å². The second-order valence-electron chi connectivity index (χ2n) is 4.34. The van der Waals surface area contributed by atoms with Crippen molar-refractivity contribution in [2.75, 3.05) is 0 Å². The molecule has 0 unspecified atom stereocenters. The molecule has 2 aliphatic rings. The van der Waals surface area contributed by atoms with Crippen LogP contribution in [0.4, 0.5) is 0 Å². The number of nitrogens with one attached hydrogen (secondary N) is 1. The van der Waals surface area contributed by atoms with Gasteiger partial charge in [-0.15, -0.1) is 0 Å². The van der Waals surface area contributed by atoms with E-state index < -0.39 is 0 Å². The van der Waals surface area contributed by atoms with E-state index in [2.05, 4.69) is 27.7 Å². The van der Waals surface area contributed by atoms with Gasteiger partial charge in [-0.25, -0.2) is 0 Å². The maximum atomic E-state index is 4.20. The van der Waals surface area contributed by atoms with E-state index in [0.717, 1.165) is 11.7 Å². The fourth-order valence-corrected chi connectivity index (χ4v) is 2.61. The molecule has 1 aromatic heterocycles. The lowest BCUT2D eigenvalue weighted by atomic mass is 9.97. The summed E-state index contributed by atoms with van der Waals surface area (Å²) in [7, 11) is 0. The number of nitrogens with zero attached hydrogens (tertiary/aromatic N) is 2. The lowest BCUT2D eigenvalue weighted by molar-refractivity contribution is 0.559. The third-order valence-electron chi connectivity index (χ3n) is 3.36. The fourth-order valence-electron chi connectivity index (χ4n) is 2.61. The zero-order valence-corrected chi connectivity index (χ0v) is 8.69. The summed E-state index contributed by atoms with van der Waals surface area (Å²) < 4.78 is 0. The molecule has 0 aliphatic carbocycles. The van der Waals surface area contributed by atoms with Crippen LogP contribution in [0, 0.1) is 0 Å². The molecule has 2 aliphatic heterocycles. The minimum atomic E-state index is 0.509. The predicted octanol–water partition coefficient (Wildman–Crippen LogP) is 1.77. The van der Waals surface area contributed by atoms with Crippen LogP contribution in [0.3, 0.4) is 0 Å². The van der Waals surface area contributed by atoms with Gasteiger partial charge < -0.3 is 5.32 Å². The van der Waals surface area contributed by atoms with Crippen LogP contribution in [0.5, 0.6) is 0 Å². The van der Waals surface area contributed by atoms with Gasteiger partial charge in [-0.3, -0.25) is 0 Å². The van der Waals surface area contributed by atoms with Crippen molar-refractivity contribution in [2.24, 2.45) is 0 Å². The van der Waals surface area contributed by atoms with E-state index in [9.17, 15) is 0 Å². The van der Waals surface area contributed by atoms with Crippen LogP contribution in [0.25, 0.3) is 5.57 Å². The molecule has 0 saturated carbocycles. The van der Waals surface area contributed by atoms with E-state index in [1.165, 1.54) is 31.3 Å². The largest absolute Gasteiger partial charge is 0.307 e. The molecular weight excluding hydrogens is 186 g/mol. The van der Waals surface area contributed by atoms with Crippen LogP contribution >= 0.6 is 0 Å². The third-order valence-corrected chi connectivity index (χ3v) is 3.36. The summed E-state index contributed by atoms with van der Waals surface area (Å²) in [5.41, 5.74) is 2.39. The van der Waals surface area contributed by atoms with E-state index in [1.807, 2.05) is 6.07 Å². The number of hydrogen-bond donors (Lipinski definition) is 1. The predicted molar refractivity (Wildman–Crippen MR) is 59.2 cm³/mol. The second-order valence-corrected chi connectivity index (χ2v) is 4.34. The molecule has 0 aromatic carbocycles. The highest BCUT2D eigenvalue weighted by Crippen LogP contribution is 2.30. The summed E-state index contributed by atoms with van der Waals surface area (Å²) in [5, 5.41) is 11.8. The van der Waals surface area contributed by atoms with Gasteiger partial charge in [-0.2, -0.15) is 10.2 Å². The molecule has 78 valence electrons. The Labute approximate surface area is 89.6 Å². The van der Waals surface area contributed by atoms with Gasteiger partial charge in [-0.05, 0) is 43.4 Å². The molecule has 2 atom stereocenters. The Bertz CT molecular complexity index is 372. The Balaban J connectivity index is 1.94. The summed E-state index contributed by atoms with van der Waals surface area (Å²) in [6.07, 6.45) is 9.04. The number of aromatic nitrogens is 2. The number of hydrogen-bond acceptors (Lipinski definition) is 3. The summed E-state index contributed by atoms with van der Waals surface area (Å²) in [5.74, 6) is 0. The molecule has 3 nitrogen and oxygen atoms in total. The standard InChI is InChI=1S/C12H15N3/c1-3-9-6-7-11(14-9)10(4-1)12-5-2-8-13-15-12/h2,4-5,8-9,11,14H,1,3,6-7H2/t9-,11-/m1/s1. The molecule has 1 N–H and O–H groups in total. The van der Waals surface area contributed by atoms with Gasteiger partial charge in [0, 0.05) is 18.3 Å². The Kier molecular flexibility index (Phi) is 2.25. The summed E-state index contributed by atoms with van der Waals surface area (Å²) in [6.45, 7) is 0. The molecule has 3 heteroatoms. The van der Waals surface area contributed by atoms with Crippen molar-refractivity contribution in [3.8, 4) is 0 Å². The molecule has 0 amide bonds. The summed E-state index contributed by atoms with van der Waals surface area (Å²) >= 11 is 0. The van der Waals surface area contributed by atoms with Crippen molar-refractivity contribution in [3.63, 3.8) is 0 Å². The average Bonchev–Trinajstić information content (AvgIpc) is 2.61. The van der Waals surface area contributed by atoms with Gasteiger partial charge >= 0.3 is 0 Å². The highest BCUT2D eigenvalue weighted by atomic mass is 15.1. The molecule has 0 spiro atoms. The zero-order valence-electron chi connectivity index (χ0n) is 8.69. The fraction of sp³-hybridized carbons (Fsp3) is 0.500. The summed E-state index contributed by atoms with van der Waals surface area (Å²) in [6, 6.07) is 5.24. The van der Waals surface area contributed by atoms with Crippen LogP contribution in [-0.2, 0) is 0 Å². The summed E-state index contributed by atoms with van der Waals surface area (Å²) in [4.78, 5) is 0. The van der Waals surface area contributed by atoms with Gasteiger partial charge in [0.15, 0.2) is 0 Å². The Morgan fingerprint density at radius 2 is 2.27 bits per heavy atom. The smallest absolute Gasteiger partial charge is 0.0901 e. The number of rotatable bonds is 1. The van der Waals surface area contributed by atoms with E-state index in [-0.39, 0.29) is 0 Å². The Morgan fingerprint density at radius 3 is 3.13 bits per heavy atom. The van der Waals surface area contributed by atoms with E-state index in [0.29, 0.717) is 6.04 Å². The monoisotopic (exact) mass is 201 g/mol. The van der Waals surface area contributed by atoms with Gasteiger partial charge in [0.05, 0.1) is 5.69 Å². The SMILES string of the molecule is C1=C(c2cccnn2)[C@H]2CC[C@@H](CC1)N2. The van der Waals surface area contributed by atoms with Crippen LogP contribution in [0.2, 0.25) is 0 Å². The number of allylic oxidation sites excluding steroid dienone is 1. The minimum absolute atomic E-state index is 0.509. The molecule has 1 saturated heterocycles.